The summed E-state index contributed by atoms with van der Waals surface area (Å²) in [5, 5.41) is 11.3. The van der Waals surface area contributed by atoms with E-state index in [1.165, 1.54) is 30.5 Å². The van der Waals surface area contributed by atoms with Crippen molar-refractivity contribution in [1.82, 2.24) is 9.97 Å². The van der Waals surface area contributed by atoms with E-state index in [0.29, 0.717) is 22.4 Å². The predicted octanol–water partition coefficient (Wildman–Crippen LogP) is 3.06. The largest absolute Gasteiger partial charge is 0.438 e. The van der Waals surface area contributed by atoms with Crippen LogP contribution in [0.15, 0.2) is 76.2 Å². The molecule has 10 heteroatoms. The summed E-state index contributed by atoms with van der Waals surface area (Å²) >= 11 is 0. The van der Waals surface area contributed by atoms with Crippen molar-refractivity contribution in [3.63, 3.8) is 0 Å². The third-order valence-electron chi connectivity index (χ3n) is 4.36. The van der Waals surface area contributed by atoms with Gasteiger partial charge in [-0.1, -0.05) is 18.2 Å². The van der Waals surface area contributed by atoms with Gasteiger partial charge in [0.2, 0.25) is 11.5 Å². The summed E-state index contributed by atoms with van der Waals surface area (Å²) in [6.45, 7) is 1.72. The summed E-state index contributed by atoms with van der Waals surface area (Å²) in [4.78, 5) is 20.5. The first-order chi connectivity index (χ1) is 14.8. The van der Waals surface area contributed by atoms with Crippen molar-refractivity contribution in [2.24, 2.45) is 0 Å². The van der Waals surface area contributed by atoms with Gasteiger partial charge in [0, 0.05) is 23.0 Å². The Hall–Kier alpha value is -4.05. The molecule has 0 atom stereocenters. The van der Waals surface area contributed by atoms with E-state index in [4.69, 9.17) is 9.83 Å². The molecule has 0 saturated heterocycles. The number of hydrogen-bond acceptors (Lipinski definition) is 7. The molecule has 0 bridgehead atoms. The number of aromatic nitrogens is 2. The van der Waals surface area contributed by atoms with E-state index >= 15 is 0 Å². The highest BCUT2D eigenvalue weighted by Crippen LogP contribution is 2.18. The zero-order chi connectivity index (χ0) is 22.0. The van der Waals surface area contributed by atoms with Crippen LogP contribution >= 0.6 is 0 Å². The second-order valence-corrected chi connectivity index (χ2v) is 8.32. The number of aryl methyl sites for hydroxylation is 1. The number of nitrogens with one attached hydrogen (secondary N) is 3. The minimum Gasteiger partial charge on any atom is -0.438 e. The van der Waals surface area contributed by atoms with E-state index in [1.807, 2.05) is 0 Å². The average Bonchev–Trinajstić information content (AvgIpc) is 2.73. The molecule has 0 aliphatic carbocycles. The normalized spacial score (nSPS) is 11.3. The van der Waals surface area contributed by atoms with Crippen molar-refractivity contribution in [3.8, 4) is 0 Å². The fourth-order valence-corrected chi connectivity index (χ4v) is 3.79. The number of anilines is 2. The lowest BCUT2D eigenvalue weighted by Crippen LogP contribution is -2.21. The summed E-state index contributed by atoms with van der Waals surface area (Å²) < 4.78 is 32.7. The molecular weight excluding hydrogens is 418 g/mol. The van der Waals surface area contributed by atoms with Gasteiger partial charge in [-0.25, -0.2) is 23.1 Å². The summed E-state index contributed by atoms with van der Waals surface area (Å²) in [6, 6.07) is 15.9. The molecule has 0 spiro atoms. The standard InChI is InChI=1S/C21H17N5O4S/c1-13-10-11-23-21(24-13)26-31(28,29)16-8-6-15(7-9-16)25-20(27)17-12-14-4-2-3-5-18(14)30-19(17)22/h2-12,22H,1H3,(H,25,27)(H,23,24,26). The van der Waals surface area contributed by atoms with Gasteiger partial charge in [0.25, 0.3) is 15.9 Å². The van der Waals surface area contributed by atoms with Crippen LogP contribution in [-0.4, -0.2) is 24.3 Å². The molecule has 1 amide bonds. The molecule has 156 valence electrons. The quantitative estimate of drug-likeness (QED) is 0.440. The second-order valence-electron chi connectivity index (χ2n) is 6.63. The monoisotopic (exact) mass is 435 g/mol. The maximum absolute atomic E-state index is 12.6. The zero-order valence-electron chi connectivity index (χ0n) is 16.3. The molecule has 2 aromatic carbocycles. The van der Waals surface area contributed by atoms with Crippen molar-refractivity contribution in [1.29, 1.82) is 5.41 Å². The fraction of sp³-hybridized carbons (Fsp3) is 0.0476. The van der Waals surface area contributed by atoms with Gasteiger partial charge in [-0.15, -0.1) is 0 Å². The third kappa shape index (κ3) is 4.43. The summed E-state index contributed by atoms with van der Waals surface area (Å²) in [5.74, 6) is -0.568. The molecule has 2 aromatic heterocycles. The Bertz CT molecular complexity index is 1450. The molecule has 0 fully saturated rings. The molecule has 0 radical (unpaired) electrons. The van der Waals surface area contributed by atoms with E-state index in [9.17, 15) is 13.2 Å². The Kier molecular flexibility index (Phi) is 5.22. The minimum atomic E-state index is -3.89. The summed E-state index contributed by atoms with van der Waals surface area (Å²) in [6.07, 6.45) is 1.46. The topological polar surface area (TPSA) is 138 Å². The van der Waals surface area contributed by atoms with E-state index in [2.05, 4.69) is 20.0 Å². The van der Waals surface area contributed by atoms with Gasteiger partial charge >= 0.3 is 0 Å². The lowest BCUT2D eigenvalue weighted by molar-refractivity contribution is 0.102. The van der Waals surface area contributed by atoms with Crippen LogP contribution in [0.25, 0.3) is 11.0 Å². The van der Waals surface area contributed by atoms with Gasteiger partial charge < -0.3 is 9.73 Å². The molecular formula is C21H17N5O4S. The van der Waals surface area contributed by atoms with Gasteiger partial charge in [0.15, 0.2) is 0 Å². The smallest absolute Gasteiger partial charge is 0.264 e. The van der Waals surface area contributed by atoms with E-state index in [1.54, 1.807) is 43.3 Å². The molecule has 31 heavy (non-hydrogen) atoms. The Balaban J connectivity index is 1.53. The van der Waals surface area contributed by atoms with Crippen LogP contribution in [0.5, 0.6) is 0 Å². The number of amides is 1. The molecule has 9 nitrogen and oxygen atoms in total. The van der Waals surface area contributed by atoms with Gasteiger partial charge in [0.05, 0.1) is 4.90 Å². The Morgan fingerprint density at radius 1 is 1.06 bits per heavy atom. The molecule has 4 rings (SSSR count). The molecule has 0 unspecified atom stereocenters. The fourth-order valence-electron chi connectivity index (χ4n) is 2.84. The first-order valence-corrected chi connectivity index (χ1v) is 10.6. The second kappa shape index (κ2) is 8.00. The molecule has 0 saturated carbocycles. The Morgan fingerprint density at radius 3 is 2.55 bits per heavy atom. The lowest BCUT2D eigenvalue weighted by Gasteiger charge is -2.09. The van der Waals surface area contributed by atoms with Crippen LogP contribution in [0.4, 0.5) is 11.6 Å². The number of sulfonamides is 1. The Morgan fingerprint density at radius 2 is 1.81 bits per heavy atom. The molecule has 0 aliphatic rings. The van der Waals surface area contributed by atoms with Crippen LogP contribution in [0.2, 0.25) is 0 Å². The highest BCUT2D eigenvalue weighted by atomic mass is 32.2. The van der Waals surface area contributed by atoms with E-state index in [0.717, 1.165) is 0 Å². The van der Waals surface area contributed by atoms with Crippen LogP contribution in [-0.2, 0) is 10.0 Å². The van der Waals surface area contributed by atoms with Crippen molar-refractivity contribution in [2.75, 3.05) is 10.0 Å². The van der Waals surface area contributed by atoms with Gasteiger partial charge in [-0.3, -0.25) is 10.2 Å². The number of hydrogen-bond donors (Lipinski definition) is 3. The SMILES string of the molecule is Cc1ccnc(NS(=O)(=O)c2ccc(NC(=O)c3cc4ccccc4oc3=N)cc2)n1. The van der Waals surface area contributed by atoms with Gasteiger partial charge in [0.1, 0.15) is 11.1 Å². The molecule has 2 heterocycles. The van der Waals surface area contributed by atoms with Gasteiger partial charge in [-0.2, -0.15) is 0 Å². The Labute approximate surface area is 177 Å². The predicted molar refractivity (Wildman–Crippen MR) is 114 cm³/mol. The first kappa shape index (κ1) is 20.2. The summed E-state index contributed by atoms with van der Waals surface area (Å²) in [5.41, 5.74) is 1.29. The maximum atomic E-state index is 12.6. The number of para-hydroxylation sites is 1. The van der Waals surface area contributed by atoms with Crippen LogP contribution in [0.3, 0.4) is 0 Å². The van der Waals surface area contributed by atoms with Crippen molar-refractivity contribution < 1.29 is 17.6 Å². The van der Waals surface area contributed by atoms with Crippen molar-refractivity contribution in [3.05, 3.63) is 83.7 Å². The highest BCUT2D eigenvalue weighted by molar-refractivity contribution is 7.92. The van der Waals surface area contributed by atoms with Crippen LogP contribution < -0.4 is 15.6 Å². The van der Waals surface area contributed by atoms with Gasteiger partial charge in [-0.05, 0) is 49.4 Å². The number of carbonyl (C=O) groups excluding carboxylic acids is 1. The number of carbonyl (C=O) groups is 1. The van der Waals surface area contributed by atoms with Crippen molar-refractivity contribution >= 4 is 38.5 Å². The maximum Gasteiger partial charge on any atom is 0.264 e. The molecule has 4 aromatic rings. The lowest BCUT2D eigenvalue weighted by atomic mass is 10.1. The first-order valence-electron chi connectivity index (χ1n) is 9.13. The molecule has 3 N–H and O–H groups in total. The van der Waals surface area contributed by atoms with Crippen LogP contribution in [0, 0.1) is 12.3 Å². The third-order valence-corrected chi connectivity index (χ3v) is 5.71. The average molecular weight is 435 g/mol. The number of fused-ring (bicyclic) bond motifs is 1. The molecule has 0 aliphatic heterocycles. The minimum absolute atomic E-state index is 0.0162. The summed E-state index contributed by atoms with van der Waals surface area (Å²) in [7, 11) is -3.89. The highest BCUT2D eigenvalue weighted by Gasteiger charge is 2.17. The number of nitrogens with zero attached hydrogens (tertiary/aromatic N) is 2. The van der Waals surface area contributed by atoms with E-state index < -0.39 is 15.9 Å². The number of rotatable bonds is 5. The van der Waals surface area contributed by atoms with E-state index in [-0.39, 0.29) is 22.0 Å². The zero-order valence-corrected chi connectivity index (χ0v) is 17.1. The number of benzene rings is 2. The van der Waals surface area contributed by atoms with Crippen molar-refractivity contribution in [2.45, 2.75) is 11.8 Å². The van der Waals surface area contributed by atoms with Crippen LogP contribution in [0.1, 0.15) is 16.1 Å².